The molecule has 0 N–H and O–H groups in total. The Morgan fingerprint density at radius 2 is 1.67 bits per heavy atom. The second kappa shape index (κ2) is 7.82. The number of esters is 1. The summed E-state index contributed by atoms with van der Waals surface area (Å²) in [5.41, 5.74) is 1.17. The van der Waals surface area contributed by atoms with Gasteiger partial charge in [-0.3, -0.25) is 19.3 Å². The molecule has 1 aliphatic rings. The second-order valence-electron chi connectivity index (χ2n) is 6.04. The molecule has 1 aliphatic heterocycles. The minimum Gasteiger partial charge on any atom is -0.452 e. The van der Waals surface area contributed by atoms with Gasteiger partial charge in [-0.15, -0.1) is 0 Å². The molecule has 0 spiro atoms. The van der Waals surface area contributed by atoms with Crippen molar-refractivity contribution in [2.24, 2.45) is 0 Å². The van der Waals surface area contributed by atoms with Gasteiger partial charge in [0, 0.05) is 25.6 Å². The Hall–Kier alpha value is -3.48. The van der Waals surface area contributed by atoms with Crippen LogP contribution in [0.4, 0.5) is 11.4 Å². The fraction of sp³-hybridized carbons (Fsp3) is 0.200. The van der Waals surface area contributed by atoms with Crippen LogP contribution in [-0.2, 0) is 19.1 Å². The number of para-hydroxylation sites is 1. The first-order valence-electron chi connectivity index (χ1n) is 8.42. The number of ether oxygens (including phenoxy) is 1. The van der Waals surface area contributed by atoms with Crippen LogP contribution < -0.4 is 9.80 Å². The zero-order chi connectivity index (χ0) is 19.4. The number of hydrogen-bond donors (Lipinski definition) is 0. The van der Waals surface area contributed by atoms with Crippen LogP contribution in [0.2, 0.25) is 0 Å². The Bertz CT molecular complexity index is 878. The van der Waals surface area contributed by atoms with Gasteiger partial charge in [-0.2, -0.15) is 0 Å². The smallest absolute Gasteiger partial charge is 0.338 e. The summed E-state index contributed by atoms with van der Waals surface area (Å²) in [6.45, 7) is -0.421. The predicted octanol–water partition coefficient (Wildman–Crippen LogP) is 2.16. The normalized spacial score (nSPS) is 13.6. The molecule has 0 unspecified atom stereocenters. The summed E-state index contributed by atoms with van der Waals surface area (Å²) in [4.78, 5) is 50.6. The second-order valence-corrected chi connectivity index (χ2v) is 6.04. The van der Waals surface area contributed by atoms with Crippen molar-refractivity contribution in [3.05, 3.63) is 60.2 Å². The summed E-state index contributed by atoms with van der Waals surface area (Å²) in [5, 5.41) is 0. The summed E-state index contributed by atoms with van der Waals surface area (Å²) >= 11 is 0. The van der Waals surface area contributed by atoms with Gasteiger partial charge < -0.3 is 9.64 Å². The van der Waals surface area contributed by atoms with E-state index in [-0.39, 0.29) is 36.1 Å². The first kappa shape index (κ1) is 18.3. The van der Waals surface area contributed by atoms with Gasteiger partial charge in [-0.1, -0.05) is 24.3 Å². The molecule has 2 aromatic rings. The maximum atomic E-state index is 12.3. The molecule has 0 radical (unpaired) electrons. The molecule has 2 aromatic carbocycles. The van der Waals surface area contributed by atoms with Crippen molar-refractivity contribution in [2.45, 2.75) is 12.8 Å². The molecule has 3 amide bonds. The lowest BCUT2D eigenvalue weighted by Gasteiger charge is -2.17. The summed E-state index contributed by atoms with van der Waals surface area (Å²) < 4.78 is 5.09. The standard InChI is InChI=1S/C20H18N2O5/c1-21(15-7-3-2-4-8-15)19(25)13-27-20(26)14-6-5-9-16(12-14)22-17(23)10-11-18(22)24/h2-9,12H,10-11,13H2,1H3. The van der Waals surface area contributed by atoms with Gasteiger partial charge in [0.25, 0.3) is 5.91 Å². The van der Waals surface area contributed by atoms with E-state index < -0.39 is 12.6 Å². The highest BCUT2D eigenvalue weighted by molar-refractivity contribution is 6.20. The van der Waals surface area contributed by atoms with Crippen LogP contribution in [0, 0.1) is 0 Å². The van der Waals surface area contributed by atoms with Gasteiger partial charge in [0.2, 0.25) is 11.8 Å². The Morgan fingerprint density at radius 3 is 2.33 bits per heavy atom. The van der Waals surface area contributed by atoms with E-state index >= 15 is 0 Å². The van der Waals surface area contributed by atoms with Gasteiger partial charge in [0.15, 0.2) is 6.61 Å². The number of imide groups is 1. The molecule has 0 atom stereocenters. The summed E-state index contributed by atoms with van der Waals surface area (Å²) in [6, 6.07) is 15.0. The number of anilines is 2. The van der Waals surface area contributed by atoms with E-state index in [1.165, 1.54) is 17.0 Å². The summed E-state index contributed by atoms with van der Waals surface area (Å²) in [7, 11) is 1.59. The highest BCUT2D eigenvalue weighted by Gasteiger charge is 2.30. The predicted molar refractivity (Wildman–Crippen MR) is 98.3 cm³/mol. The lowest BCUT2D eigenvalue weighted by molar-refractivity contribution is -0.122. The third-order valence-electron chi connectivity index (χ3n) is 4.24. The van der Waals surface area contributed by atoms with E-state index in [1.807, 2.05) is 6.07 Å². The maximum absolute atomic E-state index is 12.3. The molecular formula is C20H18N2O5. The molecule has 3 rings (SSSR count). The number of rotatable bonds is 5. The van der Waals surface area contributed by atoms with Crippen molar-refractivity contribution >= 4 is 35.1 Å². The molecule has 1 fully saturated rings. The molecule has 7 nitrogen and oxygen atoms in total. The number of carbonyl (C=O) groups is 4. The number of amides is 3. The molecule has 27 heavy (non-hydrogen) atoms. The van der Waals surface area contributed by atoms with Crippen LogP contribution in [0.5, 0.6) is 0 Å². The quantitative estimate of drug-likeness (QED) is 0.598. The fourth-order valence-electron chi connectivity index (χ4n) is 2.74. The van der Waals surface area contributed by atoms with E-state index in [4.69, 9.17) is 4.74 Å². The largest absolute Gasteiger partial charge is 0.452 e. The van der Waals surface area contributed by atoms with Crippen LogP contribution >= 0.6 is 0 Å². The molecule has 1 saturated heterocycles. The van der Waals surface area contributed by atoms with E-state index in [0.29, 0.717) is 11.4 Å². The third-order valence-corrected chi connectivity index (χ3v) is 4.24. The molecule has 138 valence electrons. The molecule has 0 bridgehead atoms. The number of benzene rings is 2. The van der Waals surface area contributed by atoms with Gasteiger partial charge in [0.1, 0.15) is 0 Å². The summed E-state index contributed by atoms with van der Waals surface area (Å²) in [5.74, 6) is -1.68. The van der Waals surface area contributed by atoms with E-state index in [0.717, 1.165) is 4.90 Å². The Morgan fingerprint density at radius 1 is 1.00 bits per heavy atom. The maximum Gasteiger partial charge on any atom is 0.338 e. The summed E-state index contributed by atoms with van der Waals surface area (Å²) in [6.07, 6.45) is 0.321. The third kappa shape index (κ3) is 4.03. The van der Waals surface area contributed by atoms with Gasteiger partial charge >= 0.3 is 5.97 Å². The molecule has 0 aliphatic carbocycles. The Balaban J connectivity index is 1.65. The van der Waals surface area contributed by atoms with Crippen molar-refractivity contribution in [1.29, 1.82) is 0 Å². The molecule has 1 heterocycles. The minimum absolute atomic E-state index is 0.161. The lowest BCUT2D eigenvalue weighted by Crippen LogP contribution is -2.31. The van der Waals surface area contributed by atoms with Crippen LogP contribution in [0.3, 0.4) is 0 Å². The molecule has 0 saturated carbocycles. The Labute approximate surface area is 156 Å². The first-order chi connectivity index (χ1) is 13.0. The number of nitrogens with zero attached hydrogens (tertiary/aromatic N) is 2. The van der Waals surface area contributed by atoms with Gasteiger partial charge in [-0.05, 0) is 30.3 Å². The highest BCUT2D eigenvalue weighted by Crippen LogP contribution is 2.23. The van der Waals surface area contributed by atoms with Crippen molar-refractivity contribution in [1.82, 2.24) is 0 Å². The van der Waals surface area contributed by atoms with Crippen molar-refractivity contribution in [2.75, 3.05) is 23.5 Å². The fourth-order valence-corrected chi connectivity index (χ4v) is 2.74. The van der Waals surface area contributed by atoms with E-state index in [2.05, 4.69) is 0 Å². The van der Waals surface area contributed by atoms with Crippen molar-refractivity contribution in [3.63, 3.8) is 0 Å². The average molecular weight is 366 g/mol. The van der Waals surface area contributed by atoms with E-state index in [9.17, 15) is 19.2 Å². The topological polar surface area (TPSA) is 84.0 Å². The zero-order valence-electron chi connectivity index (χ0n) is 14.8. The van der Waals surface area contributed by atoms with Crippen LogP contribution in [0.15, 0.2) is 54.6 Å². The molecular weight excluding hydrogens is 348 g/mol. The first-order valence-corrected chi connectivity index (χ1v) is 8.42. The van der Waals surface area contributed by atoms with Gasteiger partial charge in [-0.25, -0.2) is 4.79 Å². The van der Waals surface area contributed by atoms with Crippen molar-refractivity contribution < 1.29 is 23.9 Å². The van der Waals surface area contributed by atoms with Crippen LogP contribution in [0.1, 0.15) is 23.2 Å². The number of carbonyl (C=O) groups excluding carboxylic acids is 4. The SMILES string of the molecule is CN(C(=O)COC(=O)c1cccc(N2C(=O)CCC2=O)c1)c1ccccc1. The van der Waals surface area contributed by atoms with E-state index in [1.54, 1.807) is 43.4 Å². The minimum atomic E-state index is -0.703. The van der Waals surface area contributed by atoms with Crippen LogP contribution in [-0.4, -0.2) is 37.3 Å². The Kier molecular flexibility index (Phi) is 5.30. The van der Waals surface area contributed by atoms with Crippen molar-refractivity contribution in [3.8, 4) is 0 Å². The number of likely N-dealkylation sites (N-methyl/N-ethyl adjacent to an activating group) is 1. The number of hydrogen-bond acceptors (Lipinski definition) is 5. The monoisotopic (exact) mass is 366 g/mol. The molecule has 7 heteroatoms. The highest BCUT2D eigenvalue weighted by atomic mass is 16.5. The average Bonchev–Trinajstić information content (AvgIpc) is 3.04. The lowest BCUT2D eigenvalue weighted by atomic mass is 10.2. The van der Waals surface area contributed by atoms with Crippen LogP contribution in [0.25, 0.3) is 0 Å². The zero-order valence-corrected chi connectivity index (χ0v) is 14.8. The molecule has 0 aromatic heterocycles. The van der Waals surface area contributed by atoms with Gasteiger partial charge in [0.05, 0.1) is 11.3 Å².